The molecule has 206 valence electrons. The van der Waals surface area contributed by atoms with Crippen molar-refractivity contribution in [2.24, 2.45) is 0 Å². The lowest BCUT2D eigenvalue weighted by atomic mass is 9.81. The van der Waals surface area contributed by atoms with E-state index in [1.165, 1.54) is 35.4 Å². The van der Waals surface area contributed by atoms with E-state index < -0.39 is 23.3 Å². The quantitative estimate of drug-likeness (QED) is 0.437. The molecule has 9 nitrogen and oxygen atoms in total. The van der Waals surface area contributed by atoms with Crippen molar-refractivity contribution in [2.75, 3.05) is 40.3 Å². The Bertz CT molecular complexity index is 1430. The third-order valence-electron chi connectivity index (χ3n) is 6.45. The number of likely N-dealkylation sites (N-methyl/N-ethyl adjacent to an activating group) is 1. The summed E-state index contributed by atoms with van der Waals surface area (Å²) in [5.74, 6) is -1.05. The van der Waals surface area contributed by atoms with Crippen LogP contribution in [0.4, 0.5) is 9.18 Å². The van der Waals surface area contributed by atoms with Crippen LogP contribution in [0.1, 0.15) is 42.4 Å². The van der Waals surface area contributed by atoms with E-state index in [0.717, 1.165) is 10.9 Å². The van der Waals surface area contributed by atoms with Crippen molar-refractivity contribution >= 4 is 34.4 Å². The summed E-state index contributed by atoms with van der Waals surface area (Å²) in [4.78, 5) is 45.5. The fraction of sp³-hybridized carbons (Fsp3) is 0.345. The number of H-pyrrole nitrogens is 1. The number of ether oxygens (including phenoxy) is 2. The topological polar surface area (TPSA) is 104 Å². The molecule has 2 amide bonds. The molecule has 2 heterocycles. The summed E-state index contributed by atoms with van der Waals surface area (Å²) in [7, 11) is 3.82. The minimum Gasteiger partial charge on any atom is -0.462 e. The SMILES string of the molecule is CCOC(=O)C1=CN(C(=O)c2ccc(F)cc2)CC(C)(C)c2c1[nH]c1cc(OC(=O)NCCN(C)C)ccc21. The van der Waals surface area contributed by atoms with Crippen LogP contribution in [0, 0.1) is 5.82 Å². The molecule has 1 aliphatic rings. The number of amides is 2. The second-order valence-electron chi connectivity index (χ2n) is 10.3. The smallest absolute Gasteiger partial charge is 0.412 e. The fourth-order valence-electron chi connectivity index (χ4n) is 4.69. The Balaban J connectivity index is 1.73. The fourth-order valence-corrected chi connectivity index (χ4v) is 4.69. The van der Waals surface area contributed by atoms with E-state index in [1.54, 1.807) is 19.1 Å². The number of hydrogen-bond donors (Lipinski definition) is 2. The van der Waals surface area contributed by atoms with Crippen molar-refractivity contribution in [1.29, 1.82) is 0 Å². The summed E-state index contributed by atoms with van der Waals surface area (Å²) in [6.07, 6.45) is 0.925. The average molecular weight is 537 g/mol. The van der Waals surface area contributed by atoms with Crippen LogP contribution in [-0.2, 0) is 14.9 Å². The molecule has 4 rings (SSSR count). The van der Waals surface area contributed by atoms with Crippen LogP contribution in [0.3, 0.4) is 0 Å². The molecule has 0 saturated carbocycles. The van der Waals surface area contributed by atoms with Gasteiger partial charge < -0.3 is 29.6 Å². The summed E-state index contributed by atoms with van der Waals surface area (Å²) in [5.41, 5.74) is 1.89. The van der Waals surface area contributed by atoms with E-state index in [2.05, 4.69) is 10.3 Å². The maximum absolute atomic E-state index is 13.5. The Morgan fingerprint density at radius 3 is 2.51 bits per heavy atom. The molecule has 2 N–H and O–H groups in total. The van der Waals surface area contributed by atoms with Gasteiger partial charge in [-0.15, -0.1) is 0 Å². The lowest BCUT2D eigenvalue weighted by molar-refractivity contribution is -0.136. The largest absolute Gasteiger partial charge is 0.462 e. The Hall–Kier alpha value is -4.18. The first-order valence-electron chi connectivity index (χ1n) is 12.7. The first kappa shape index (κ1) is 27.8. The predicted octanol–water partition coefficient (Wildman–Crippen LogP) is 4.29. The number of hydrogen-bond acceptors (Lipinski definition) is 6. The highest BCUT2D eigenvalue weighted by Crippen LogP contribution is 2.41. The van der Waals surface area contributed by atoms with Gasteiger partial charge in [-0.2, -0.15) is 0 Å². The standard InChI is InChI=1S/C29H33FN4O5/c1-6-38-27(36)22-16-34(26(35)18-7-9-19(30)10-8-18)17-29(2,3)24-21-12-11-20(15-23(21)32-25(22)24)39-28(37)31-13-14-33(4)5/h7-12,15-16,32H,6,13-14,17H2,1-5H3,(H,31,37). The third kappa shape index (κ3) is 6.12. The number of fused-ring (bicyclic) bond motifs is 3. The number of nitrogens with zero attached hydrogens (tertiary/aromatic N) is 2. The number of carbonyl (C=O) groups is 3. The molecule has 3 aromatic rings. The van der Waals surface area contributed by atoms with E-state index in [-0.39, 0.29) is 24.6 Å². The monoisotopic (exact) mass is 536 g/mol. The predicted molar refractivity (Wildman–Crippen MR) is 146 cm³/mol. The van der Waals surface area contributed by atoms with Gasteiger partial charge in [0.25, 0.3) is 5.91 Å². The van der Waals surface area contributed by atoms with Gasteiger partial charge in [-0.25, -0.2) is 14.0 Å². The second kappa shape index (κ2) is 11.3. The maximum Gasteiger partial charge on any atom is 0.412 e. The number of aromatic nitrogens is 1. The van der Waals surface area contributed by atoms with Gasteiger partial charge in [-0.3, -0.25) is 4.79 Å². The molecule has 0 bridgehead atoms. The van der Waals surface area contributed by atoms with Crippen molar-refractivity contribution in [1.82, 2.24) is 20.1 Å². The van der Waals surface area contributed by atoms with Crippen LogP contribution in [0.5, 0.6) is 5.75 Å². The molecule has 2 aromatic carbocycles. The summed E-state index contributed by atoms with van der Waals surface area (Å²) >= 11 is 0. The second-order valence-corrected chi connectivity index (χ2v) is 10.3. The number of carbonyl (C=O) groups excluding carboxylic acids is 3. The highest BCUT2D eigenvalue weighted by molar-refractivity contribution is 6.18. The number of rotatable bonds is 7. The van der Waals surface area contributed by atoms with Crippen LogP contribution >= 0.6 is 0 Å². The minimum absolute atomic E-state index is 0.155. The lowest BCUT2D eigenvalue weighted by Gasteiger charge is -2.29. The number of benzene rings is 2. The summed E-state index contributed by atoms with van der Waals surface area (Å²) in [6.45, 7) is 7.19. The van der Waals surface area contributed by atoms with Crippen molar-refractivity contribution in [3.63, 3.8) is 0 Å². The van der Waals surface area contributed by atoms with Crippen LogP contribution in [0.2, 0.25) is 0 Å². The number of nitrogens with one attached hydrogen (secondary N) is 2. The van der Waals surface area contributed by atoms with Gasteiger partial charge in [-0.1, -0.05) is 13.8 Å². The Morgan fingerprint density at radius 1 is 1.13 bits per heavy atom. The van der Waals surface area contributed by atoms with Gasteiger partial charge in [0, 0.05) is 53.8 Å². The summed E-state index contributed by atoms with van der Waals surface area (Å²) in [6, 6.07) is 10.5. The average Bonchev–Trinajstić information content (AvgIpc) is 3.20. The zero-order valence-electron chi connectivity index (χ0n) is 22.8. The van der Waals surface area contributed by atoms with Crippen LogP contribution < -0.4 is 10.1 Å². The third-order valence-corrected chi connectivity index (χ3v) is 6.45. The molecule has 0 aliphatic carbocycles. The molecule has 39 heavy (non-hydrogen) atoms. The molecule has 0 radical (unpaired) electrons. The van der Waals surface area contributed by atoms with Crippen LogP contribution in [0.25, 0.3) is 16.5 Å². The first-order chi connectivity index (χ1) is 18.5. The van der Waals surface area contributed by atoms with Gasteiger partial charge >= 0.3 is 12.1 Å². The van der Waals surface area contributed by atoms with Gasteiger partial charge in [0.2, 0.25) is 0 Å². The van der Waals surface area contributed by atoms with Crippen LogP contribution in [0.15, 0.2) is 48.7 Å². The molecule has 0 atom stereocenters. The van der Waals surface area contributed by atoms with Crippen molar-refractivity contribution in [3.8, 4) is 5.75 Å². The van der Waals surface area contributed by atoms with E-state index in [9.17, 15) is 18.8 Å². The molecule has 0 unspecified atom stereocenters. The minimum atomic E-state index is -0.611. The molecule has 0 saturated heterocycles. The highest BCUT2D eigenvalue weighted by Gasteiger charge is 2.37. The molecular formula is C29H33FN4O5. The molecule has 1 aliphatic heterocycles. The first-order valence-corrected chi connectivity index (χ1v) is 12.7. The van der Waals surface area contributed by atoms with Gasteiger partial charge in [0.1, 0.15) is 11.6 Å². The Kier molecular flexibility index (Phi) is 8.06. The van der Waals surface area contributed by atoms with Gasteiger partial charge in [0.05, 0.1) is 17.9 Å². The summed E-state index contributed by atoms with van der Waals surface area (Å²) in [5, 5.41) is 3.53. The normalized spacial score (nSPS) is 14.4. The van der Waals surface area contributed by atoms with Gasteiger partial charge in [-0.05, 0) is 63.0 Å². The molecule has 1 aromatic heterocycles. The van der Waals surface area contributed by atoms with Gasteiger partial charge in [0.15, 0.2) is 0 Å². The molecule has 10 heteroatoms. The van der Waals surface area contributed by atoms with Crippen molar-refractivity contribution < 1.29 is 28.2 Å². The zero-order chi connectivity index (χ0) is 28.3. The van der Waals surface area contributed by atoms with Crippen molar-refractivity contribution in [3.05, 3.63) is 71.3 Å². The van der Waals surface area contributed by atoms with Crippen molar-refractivity contribution in [2.45, 2.75) is 26.2 Å². The molecular weight excluding hydrogens is 503 g/mol. The lowest BCUT2D eigenvalue weighted by Crippen LogP contribution is -2.37. The number of aromatic amines is 1. The van der Waals surface area contributed by atoms with E-state index in [1.807, 2.05) is 38.9 Å². The van der Waals surface area contributed by atoms with E-state index in [0.29, 0.717) is 35.6 Å². The zero-order valence-corrected chi connectivity index (χ0v) is 22.8. The number of esters is 1. The molecule has 0 spiro atoms. The van der Waals surface area contributed by atoms with E-state index in [4.69, 9.17) is 9.47 Å². The Labute approximate surface area is 226 Å². The summed E-state index contributed by atoms with van der Waals surface area (Å²) < 4.78 is 24.3. The maximum atomic E-state index is 13.5. The Morgan fingerprint density at radius 2 is 1.85 bits per heavy atom. The number of halogens is 1. The highest BCUT2D eigenvalue weighted by atomic mass is 19.1. The molecule has 0 fully saturated rings. The van der Waals surface area contributed by atoms with Crippen LogP contribution in [-0.4, -0.2) is 73.1 Å². The van der Waals surface area contributed by atoms with E-state index >= 15 is 0 Å².